The zero-order chi connectivity index (χ0) is 18.0. The Morgan fingerprint density at radius 3 is 2.12 bits per heavy atom. The monoisotopic (exact) mass is 339 g/mol. The lowest BCUT2D eigenvalue weighted by Crippen LogP contribution is -2.51. The van der Waals surface area contributed by atoms with Gasteiger partial charge in [-0.1, -0.05) is 30.3 Å². The second kappa shape index (κ2) is 7.13. The van der Waals surface area contributed by atoms with Crippen LogP contribution in [0.15, 0.2) is 36.4 Å². The van der Waals surface area contributed by atoms with Crippen LogP contribution in [-0.2, 0) is 18.3 Å². The predicted molar refractivity (Wildman–Crippen MR) is 97.5 cm³/mol. The average Bonchev–Trinajstić information content (AvgIpc) is 2.89. The number of aryl methyl sites for hydroxylation is 1. The Morgan fingerprint density at radius 2 is 1.56 bits per heavy atom. The van der Waals surface area contributed by atoms with E-state index in [2.05, 4.69) is 0 Å². The third-order valence-electron chi connectivity index (χ3n) is 5.12. The molecular weight excluding hydrogens is 314 g/mol. The van der Waals surface area contributed by atoms with Gasteiger partial charge in [0.15, 0.2) is 0 Å². The molecule has 5 nitrogen and oxygen atoms in total. The molecule has 1 aliphatic rings. The van der Waals surface area contributed by atoms with Crippen LogP contribution < -0.4 is 0 Å². The molecule has 1 aliphatic heterocycles. The van der Waals surface area contributed by atoms with Crippen molar-refractivity contribution in [3.8, 4) is 0 Å². The van der Waals surface area contributed by atoms with Crippen LogP contribution in [0.5, 0.6) is 0 Å². The molecule has 1 aromatic heterocycles. The molecule has 0 saturated carbocycles. The van der Waals surface area contributed by atoms with Gasteiger partial charge in [0, 0.05) is 44.6 Å². The maximum absolute atomic E-state index is 12.8. The van der Waals surface area contributed by atoms with Crippen molar-refractivity contribution in [1.82, 2.24) is 14.4 Å². The normalized spacial score (nSPS) is 14.7. The summed E-state index contributed by atoms with van der Waals surface area (Å²) in [4.78, 5) is 28.9. The fourth-order valence-corrected chi connectivity index (χ4v) is 3.28. The summed E-state index contributed by atoms with van der Waals surface area (Å²) < 4.78 is 2.03. The van der Waals surface area contributed by atoms with Crippen LogP contribution in [0.2, 0.25) is 0 Å². The van der Waals surface area contributed by atoms with Gasteiger partial charge in [0.05, 0.1) is 12.0 Å². The quantitative estimate of drug-likeness (QED) is 0.860. The molecule has 1 fully saturated rings. The second-order valence-corrected chi connectivity index (χ2v) is 6.68. The van der Waals surface area contributed by atoms with Crippen LogP contribution in [0.3, 0.4) is 0 Å². The number of carbonyl (C=O) groups excluding carboxylic acids is 2. The largest absolute Gasteiger partial charge is 0.351 e. The zero-order valence-electron chi connectivity index (χ0n) is 15.2. The molecule has 2 amide bonds. The van der Waals surface area contributed by atoms with Crippen molar-refractivity contribution in [1.29, 1.82) is 0 Å². The summed E-state index contributed by atoms with van der Waals surface area (Å²) in [5.74, 6) is 0.196. The first-order chi connectivity index (χ1) is 12.0. The van der Waals surface area contributed by atoms with Crippen LogP contribution in [0, 0.1) is 13.8 Å². The van der Waals surface area contributed by atoms with Crippen LogP contribution in [-0.4, -0.2) is 52.4 Å². The summed E-state index contributed by atoms with van der Waals surface area (Å²) in [5, 5.41) is 0. The number of piperazine rings is 1. The first-order valence-electron chi connectivity index (χ1n) is 8.71. The third-order valence-corrected chi connectivity index (χ3v) is 5.12. The number of aromatic nitrogens is 1. The summed E-state index contributed by atoms with van der Waals surface area (Å²) in [7, 11) is 1.97. The molecule has 0 atom stereocenters. The standard InChI is InChI=1S/C20H25N3O2/c1-15-13-18(16(2)21(15)3)20(25)23-11-9-22(10-12-23)19(24)14-17-7-5-4-6-8-17/h4-8,13H,9-12,14H2,1-3H3. The fraction of sp³-hybridized carbons (Fsp3) is 0.400. The smallest absolute Gasteiger partial charge is 0.255 e. The van der Waals surface area contributed by atoms with Crippen LogP contribution >= 0.6 is 0 Å². The average molecular weight is 339 g/mol. The van der Waals surface area contributed by atoms with E-state index in [-0.39, 0.29) is 11.8 Å². The molecule has 132 valence electrons. The summed E-state index contributed by atoms with van der Waals surface area (Å²) in [5.41, 5.74) is 3.87. The van der Waals surface area contributed by atoms with Crippen molar-refractivity contribution in [2.24, 2.45) is 7.05 Å². The van der Waals surface area contributed by atoms with E-state index in [0.717, 1.165) is 22.5 Å². The van der Waals surface area contributed by atoms with Crippen molar-refractivity contribution < 1.29 is 9.59 Å². The Hall–Kier alpha value is -2.56. The molecule has 1 aromatic carbocycles. The molecule has 0 aliphatic carbocycles. The summed E-state index contributed by atoms with van der Waals surface area (Å²) in [6.45, 7) is 6.36. The molecular formula is C20H25N3O2. The number of nitrogens with zero attached hydrogens (tertiary/aromatic N) is 3. The molecule has 3 rings (SSSR count). The topological polar surface area (TPSA) is 45.6 Å². The maximum Gasteiger partial charge on any atom is 0.255 e. The van der Waals surface area contributed by atoms with Crippen molar-refractivity contribution in [3.63, 3.8) is 0 Å². The first kappa shape index (κ1) is 17.3. The maximum atomic E-state index is 12.8. The lowest BCUT2D eigenvalue weighted by Gasteiger charge is -2.35. The van der Waals surface area contributed by atoms with E-state index in [0.29, 0.717) is 32.6 Å². The second-order valence-electron chi connectivity index (χ2n) is 6.68. The Kier molecular flexibility index (Phi) is 4.93. The molecule has 2 heterocycles. The van der Waals surface area contributed by atoms with Gasteiger partial charge in [0.2, 0.25) is 5.91 Å². The van der Waals surface area contributed by atoms with E-state index >= 15 is 0 Å². The molecule has 0 unspecified atom stereocenters. The van der Waals surface area contributed by atoms with Gasteiger partial charge in [-0.25, -0.2) is 0 Å². The minimum atomic E-state index is 0.0661. The molecule has 0 spiro atoms. The minimum absolute atomic E-state index is 0.0661. The van der Waals surface area contributed by atoms with E-state index in [1.165, 1.54) is 0 Å². The highest BCUT2D eigenvalue weighted by molar-refractivity contribution is 5.96. The Balaban J connectivity index is 1.59. The molecule has 1 saturated heterocycles. The minimum Gasteiger partial charge on any atom is -0.351 e. The molecule has 0 N–H and O–H groups in total. The van der Waals surface area contributed by atoms with Crippen molar-refractivity contribution in [3.05, 3.63) is 58.9 Å². The first-order valence-corrected chi connectivity index (χ1v) is 8.71. The number of benzene rings is 1. The zero-order valence-corrected chi connectivity index (χ0v) is 15.2. The Morgan fingerprint density at radius 1 is 0.960 bits per heavy atom. The van der Waals surface area contributed by atoms with Gasteiger partial charge < -0.3 is 14.4 Å². The van der Waals surface area contributed by atoms with E-state index in [9.17, 15) is 9.59 Å². The predicted octanol–water partition coefficient (Wildman–Crippen LogP) is 2.17. The number of rotatable bonds is 3. The van der Waals surface area contributed by atoms with Crippen molar-refractivity contribution in [2.45, 2.75) is 20.3 Å². The molecule has 5 heteroatoms. The summed E-state index contributed by atoms with van der Waals surface area (Å²) in [6.07, 6.45) is 0.422. The van der Waals surface area contributed by atoms with E-state index < -0.39 is 0 Å². The molecule has 0 bridgehead atoms. The molecule has 0 radical (unpaired) electrons. The van der Waals surface area contributed by atoms with E-state index in [4.69, 9.17) is 0 Å². The SMILES string of the molecule is Cc1cc(C(=O)N2CCN(C(=O)Cc3ccccc3)CC2)c(C)n1C. The fourth-order valence-electron chi connectivity index (χ4n) is 3.28. The van der Waals surface area contributed by atoms with Gasteiger partial charge in [-0.15, -0.1) is 0 Å². The van der Waals surface area contributed by atoms with Gasteiger partial charge >= 0.3 is 0 Å². The lowest BCUT2D eigenvalue weighted by molar-refractivity contribution is -0.131. The van der Waals surface area contributed by atoms with E-state index in [1.54, 1.807) is 0 Å². The van der Waals surface area contributed by atoms with Gasteiger partial charge in [0.1, 0.15) is 0 Å². The molecule has 2 aromatic rings. The van der Waals surface area contributed by atoms with Gasteiger partial charge in [-0.2, -0.15) is 0 Å². The van der Waals surface area contributed by atoms with Crippen molar-refractivity contribution in [2.75, 3.05) is 26.2 Å². The van der Waals surface area contributed by atoms with Crippen LogP contribution in [0.25, 0.3) is 0 Å². The third kappa shape index (κ3) is 3.60. The summed E-state index contributed by atoms with van der Waals surface area (Å²) in [6, 6.07) is 11.7. The highest BCUT2D eigenvalue weighted by atomic mass is 16.2. The number of hydrogen-bond acceptors (Lipinski definition) is 2. The van der Waals surface area contributed by atoms with Gasteiger partial charge in [0.25, 0.3) is 5.91 Å². The van der Waals surface area contributed by atoms with Gasteiger partial charge in [-0.05, 0) is 25.5 Å². The number of amides is 2. The Bertz CT molecular complexity index is 772. The van der Waals surface area contributed by atoms with Gasteiger partial charge in [-0.3, -0.25) is 9.59 Å². The van der Waals surface area contributed by atoms with Crippen molar-refractivity contribution >= 4 is 11.8 Å². The highest BCUT2D eigenvalue weighted by Crippen LogP contribution is 2.17. The van der Waals surface area contributed by atoms with Crippen LogP contribution in [0.4, 0.5) is 0 Å². The number of hydrogen-bond donors (Lipinski definition) is 0. The summed E-state index contributed by atoms with van der Waals surface area (Å²) >= 11 is 0. The molecule has 25 heavy (non-hydrogen) atoms. The van der Waals surface area contributed by atoms with Crippen LogP contribution in [0.1, 0.15) is 27.3 Å². The highest BCUT2D eigenvalue weighted by Gasteiger charge is 2.26. The number of carbonyl (C=O) groups is 2. The Labute approximate surface area is 148 Å². The van der Waals surface area contributed by atoms with E-state index in [1.807, 2.05) is 71.7 Å². The lowest BCUT2D eigenvalue weighted by atomic mass is 10.1.